The topological polar surface area (TPSA) is 71.2 Å². The Labute approximate surface area is 183 Å². The highest BCUT2D eigenvalue weighted by atomic mass is 32.2. The van der Waals surface area contributed by atoms with E-state index in [2.05, 4.69) is 30.5 Å². The fraction of sp³-hybridized carbons (Fsp3) is 0.200. The van der Waals surface area contributed by atoms with E-state index in [1.807, 2.05) is 54.6 Å². The van der Waals surface area contributed by atoms with Crippen LogP contribution in [0.25, 0.3) is 22.0 Å². The number of fused-ring (bicyclic) bond motifs is 1. The van der Waals surface area contributed by atoms with E-state index in [0.29, 0.717) is 11.6 Å². The molecule has 2 N–H and O–H groups in total. The number of ether oxygens (including phenoxy) is 1. The minimum absolute atomic E-state index is 0.0397. The van der Waals surface area contributed by atoms with Crippen molar-refractivity contribution >= 4 is 26.6 Å². The summed E-state index contributed by atoms with van der Waals surface area (Å²) in [6, 6.07) is 22.3. The van der Waals surface area contributed by atoms with Crippen molar-refractivity contribution in [2.75, 3.05) is 11.8 Å². The molecule has 0 bridgehead atoms. The van der Waals surface area contributed by atoms with Gasteiger partial charge in [0, 0.05) is 16.6 Å². The number of rotatable bonds is 5. The zero-order valence-corrected chi connectivity index (χ0v) is 18.9. The van der Waals surface area contributed by atoms with E-state index in [0.717, 1.165) is 27.6 Å². The normalized spacial score (nSPS) is 12.1. The lowest BCUT2D eigenvalue weighted by atomic mass is 9.87. The highest BCUT2D eigenvalue weighted by Crippen LogP contribution is 2.38. The molecular formula is C25H26N2O3S. The maximum absolute atomic E-state index is 13.0. The van der Waals surface area contributed by atoms with Crippen molar-refractivity contribution in [3.05, 3.63) is 78.4 Å². The molecule has 5 nitrogen and oxygen atoms in total. The number of aromatic nitrogens is 1. The number of H-pyrrole nitrogens is 1. The lowest BCUT2D eigenvalue weighted by Gasteiger charge is -2.19. The molecule has 1 heterocycles. The molecule has 0 atom stereocenters. The maximum Gasteiger partial charge on any atom is 0.261 e. The second-order valence-electron chi connectivity index (χ2n) is 8.54. The SMILES string of the molecule is COc1[nH]c2ccc(NS(=O)(=O)c3ccc(C(C)(C)C)cc3)cc2c1-c1ccccc1. The van der Waals surface area contributed by atoms with Gasteiger partial charge in [-0.1, -0.05) is 63.2 Å². The third-order valence-corrected chi connectivity index (χ3v) is 6.71. The quantitative estimate of drug-likeness (QED) is 0.408. The molecule has 0 radical (unpaired) electrons. The average molecular weight is 435 g/mol. The molecule has 160 valence electrons. The van der Waals surface area contributed by atoms with E-state index in [4.69, 9.17) is 4.74 Å². The summed E-state index contributed by atoms with van der Waals surface area (Å²) in [6.45, 7) is 6.29. The van der Waals surface area contributed by atoms with Gasteiger partial charge in [-0.05, 0) is 46.9 Å². The number of nitrogens with one attached hydrogen (secondary N) is 2. The zero-order valence-electron chi connectivity index (χ0n) is 18.1. The highest BCUT2D eigenvalue weighted by Gasteiger charge is 2.19. The molecule has 4 rings (SSSR count). The predicted molar refractivity (Wildman–Crippen MR) is 126 cm³/mol. The Morgan fingerprint density at radius 2 is 1.58 bits per heavy atom. The van der Waals surface area contributed by atoms with Gasteiger partial charge in [-0.2, -0.15) is 0 Å². The molecule has 0 saturated heterocycles. The highest BCUT2D eigenvalue weighted by molar-refractivity contribution is 7.92. The number of hydrogen-bond donors (Lipinski definition) is 2. The van der Waals surface area contributed by atoms with Gasteiger partial charge in [0.2, 0.25) is 0 Å². The Morgan fingerprint density at radius 3 is 2.19 bits per heavy atom. The van der Waals surface area contributed by atoms with Gasteiger partial charge in [0.25, 0.3) is 10.0 Å². The van der Waals surface area contributed by atoms with Crippen LogP contribution in [0.2, 0.25) is 0 Å². The molecule has 0 aliphatic heterocycles. The fourth-order valence-electron chi connectivity index (χ4n) is 3.62. The van der Waals surface area contributed by atoms with Crippen LogP contribution < -0.4 is 9.46 Å². The summed E-state index contributed by atoms with van der Waals surface area (Å²) in [5.74, 6) is 0.638. The van der Waals surface area contributed by atoms with Crippen molar-refractivity contribution in [2.45, 2.75) is 31.1 Å². The number of hydrogen-bond acceptors (Lipinski definition) is 3. The number of methoxy groups -OCH3 is 1. The molecule has 0 fully saturated rings. The van der Waals surface area contributed by atoms with Gasteiger partial charge in [0.1, 0.15) is 0 Å². The van der Waals surface area contributed by atoms with Crippen molar-refractivity contribution in [1.29, 1.82) is 0 Å². The van der Waals surface area contributed by atoms with E-state index in [-0.39, 0.29) is 10.3 Å². The number of anilines is 1. The van der Waals surface area contributed by atoms with E-state index < -0.39 is 10.0 Å². The molecule has 3 aromatic carbocycles. The van der Waals surface area contributed by atoms with Gasteiger partial charge in [-0.3, -0.25) is 4.72 Å². The van der Waals surface area contributed by atoms with E-state index >= 15 is 0 Å². The third kappa shape index (κ3) is 4.16. The van der Waals surface area contributed by atoms with Crippen molar-refractivity contribution in [3.63, 3.8) is 0 Å². The fourth-order valence-corrected chi connectivity index (χ4v) is 4.67. The van der Waals surface area contributed by atoms with Crippen LogP contribution in [-0.4, -0.2) is 20.5 Å². The first-order chi connectivity index (χ1) is 14.7. The van der Waals surface area contributed by atoms with E-state index in [1.54, 1.807) is 25.3 Å². The van der Waals surface area contributed by atoms with Crippen LogP contribution in [-0.2, 0) is 15.4 Å². The first kappa shape index (κ1) is 21.0. The predicted octanol–water partition coefficient (Wildman–Crippen LogP) is 5.94. The van der Waals surface area contributed by atoms with Crippen molar-refractivity contribution in [3.8, 4) is 17.0 Å². The number of aromatic amines is 1. The Kier molecular flexibility index (Phi) is 5.27. The average Bonchev–Trinajstić information content (AvgIpc) is 3.11. The summed E-state index contributed by atoms with van der Waals surface area (Å²) in [7, 11) is -2.10. The van der Waals surface area contributed by atoms with Crippen LogP contribution >= 0.6 is 0 Å². The molecule has 6 heteroatoms. The maximum atomic E-state index is 13.0. The van der Waals surface area contributed by atoms with Crippen LogP contribution in [0, 0.1) is 0 Å². The monoisotopic (exact) mass is 434 g/mol. The van der Waals surface area contributed by atoms with Crippen LogP contribution in [0.4, 0.5) is 5.69 Å². The summed E-state index contributed by atoms with van der Waals surface area (Å²) in [4.78, 5) is 3.49. The molecule has 0 amide bonds. The molecular weight excluding hydrogens is 408 g/mol. The molecule has 0 spiro atoms. The molecule has 0 unspecified atom stereocenters. The molecule has 0 aliphatic carbocycles. The molecule has 0 saturated carbocycles. The first-order valence-corrected chi connectivity index (χ1v) is 11.6. The largest absolute Gasteiger partial charge is 0.482 e. The minimum Gasteiger partial charge on any atom is -0.482 e. The minimum atomic E-state index is -3.71. The molecule has 31 heavy (non-hydrogen) atoms. The van der Waals surface area contributed by atoms with Crippen LogP contribution in [0.1, 0.15) is 26.3 Å². The number of sulfonamides is 1. The summed E-state index contributed by atoms with van der Waals surface area (Å²) < 4.78 is 34.2. The summed E-state index contributed by atoms with van der Waals surface area (Å²) in [5.41, 5.74) is 4.29. The molecule has 4 aromatic rings. The Bertz CT molecular complexity index is 1320. The number of benzene rings is 3. The van der Waals surface area contributed by atoms with Crippen LogP contribution in [0.5, 0.6) is 5.88 Å². The first-order valence-electron chi connectivity index (χ1n) is 10.1. The van der Waals surface area contributed by atoms with E-state index in [9.17, 15) is 8.42 Å². The Balaban J connectivity index is 1.72. The summed E-state index contributed by atoms with van der Waals surface area (Å²) in [5, 5.41) is 0.881. The van der Waals surface area contributed by atoms with Crippen molar-refractivity contribution < 1.29 is 13.2 Å². The Hall–Kier alpha value is -3.25. The van der Waals surface area contributed by atoms with Gasteiger partial charge in [-0.25, -0.2) is 8.42 Å². The summed E-state index contributed by atoms with van der Waals surface area (Å²) >= 11 is 0. The lowest BCUT2D eigenvalue weighted by molar-refractivity contribution is 0.403. The smallest absolute Gasteiger partial charge is 0.261 e. The van der Waals surface area contributed by atoms with Crippen LogP contribution in [0.15, 0.2) is 77.7 Å². The second-order valence-corrected chi connectivity index (χ2v) is 10.2. The van der Waals surface area contributed by atoms with Gasteiger partial charge >= 0.3 is 0 Å². The summed E-state index contributed by atoms with van der Waals surface area (Å²) in [6.07, 6.45) is 0. The lowest BCUT2D eigenvalue weighted by Crippen LogP contribution is -2.14. The van der Waals surface area contributed by atoms with Gasteiger partial charge < -0.3 is 9.72 Å². The van der Waals surface area contributed by atoms with Crippen molar-refractivity contribution in [2.24, 2.45) is 0 Å². The van der Waals surface area contributed by atoms with Gasteiger partial charge in [0.05, 0.1) is 17.6 Å². The standard InChI is InChI=1S/C25H26N2O3S/c1-25(2,3)18-10-13-20(14-11-18)31(28,29)27-19-12-15-22-21(16-19)23(24(26-22)30-4)17-8-6-5-7-9-17/h5-16,26-27H,1-4H3. The van der Waals surface area contributed by atoms with Crippen molar-refractivity contribution in [1.82, 2.24) is 4.98 Å². The van der Waals surface area contributed by atoms with Gasteiger partial charge in [0.15, 0.2) is 5.88 Å². The van der Waals surface area contributed by atoms with Crippen LogP contribution in [0.3, 0.4) is 0 Å². The zero-order chi connectivity index (χ0) is 22.2. The van der Waals surface area contributed by atoms with E-state index in [1.165, 1.54) is 0 Å². The van der Waals surface area contributed by atoms with Gasteiger partial charge in [-0.15, -0.1) is 0 Å². The third-order valence-electron chi connectivity index (χ3n) is 5.31. The Morgan fingerprint density at radius 1 is 0.903 bits per heavy atom. The molecule has 1 aromatic heterocycles. The molecule has 0 aliphatic rings. The second kappa shape index (κ2) is 7.78.